The molecular formula is C60H42N2. The highest BCUT2D eigenvalue weighted by Crippen LogP contribution is 2.45. The fourth-order valence-corrected chi connectivity index (χ4v) is 9.04. The lowest BCUT2D eigenvalue weighted by molar-refractivity contribution is 1.18. The second-order valence-electron chi connectivity index (χ2n) is 15.7. The van der Waals surface area contributed by atoms with E-state index in [0.717, 1.165) is 39.4 Å². The minimum Gasteiger partial charge on any atom is -0.310 e. The Labute approximate surface area is 362 Å². The van der Waals surface area contributed by atoms with Gasteiger partial charge in [0.2, 0.25) is 0 Å². The Morgan fingerprint density at radius 2 is 0.774 bits per heavy atom. The molecule has 0 spiro atoms. The van der Waals surface area contributed by atoms with Crippen LogP contribution in [0.2, 0.25) is 0 Å². The second-order valence-corrected chi connectivity index (χ2v) is 15.7. The predicted octanol–water partition coefficient (Wildman–Crippen LogP) is 16.6. The summed E-state index contributed by atoms with van der Waals surface area (Å²) in [5, 5.41) is 2.43. The maximum Gasteiger partial charge on any atom is 0.0561 e. The molecule has 0 N–H and O–H groups in total. The summed E-state index contributed by atoms with van der Waals surface area (Å²) in [4.78, 5) is 2.43. The van der Waals surface area contributed by atoms with E-state index < -0.39 is 0 Å². The molecule has 1 heterocycles. The van der Waals surface area contributed by atoms with E-state index in [4.69, 9.17) is 0 Å². The first-order valence-electron chi connectivity index (χ1n) is 21.3. The van der Waals surface area contributed by atoms with Gasteiger partial charge in [-0.1, -0.05) is 200 Å². The summed E-state index contributed by atoms with van der Waals surface area (Å²) in [6.45, 7) is 0. The minimum atomic E-state index is 1.07. The number of benzene rings is 10. The average molecular weight is 791 g/mol. The Balaban J connectivity index is 1.12. The van der Waals surface area contributed by atoms with Crippen LogP contribution in [0, 0.1) is 0 Å². The first-order valence-corrected chi connectivity index (χ1v) is 21.3. The Hall–Kier alpha value is -8.20. The molecule has 0 fully saturated rings. The van der Waals surface area contributed by atoms with Crippen LogP contribution in [-0.2, 0) is 0 Å². The zero-order valence-electron chi connectivity index (χ0n) is 34.1. The van der Waals surface area contributed by atoms with Gasteiger partial charge in [0.1, 0.15) is 0 Å². The number of hydrogen-bond acceptors (Lipinski definition) is 1. The van der Waals surface area contributed by atoms with E-state index in [9.17, 15) is 0 Å². The van der Waals surface area contributed by atoms with Crippen molar-refractivity contribution in [2.45, 2.75) is 0 Å². The topological polar surface area (TPSA) is 8.17 Å². The van der Waals surface area contributed by atoms with E-state index in [1.807, 2.05) is 0 Å². The molecule has 0 unspecified atom stereocenters. The highest BCUT2D eigenvalue weighted by atomic mass is 15.1. The normalized spacial score (nSPS) is 11.2. The summed E-state index contributed by atoms with van der Waals surface area (Å²) in [7, 11) is 0. The van der Waals surface area contributed by atoms with Crippen molar-refractivity contribution in [2.24, 2.45) is 0 Å². The molecule has 0 amide bonds. The molecule has 0 saturated heterocycles. The lowest BCUT2D eigenvalue weighted by Gasteiger charge is -2.28. The molecule has 0 aliphatic carbocycles. The van der Waals surface area contributed by atoms with Crippen molar-refractivity contribution >= 4 is 38.9 Å². The molecule has 11 aromatic rings. The fraction of sp³-hybridized carbons (Fsp3) is 0. The van der Waals surface area contributed by atoms with Crippen molar-refractivity contribution in [1.29, 1.82) is 0 Å². The minimum absolute atomic E-state index is 1.07. The summed E-state index contributed by atoms with van der Waals surface area (Å²) in [5.74, 6) is 0. The number of fused-ring (bicyclic) bond motifs is 3. The molecule has 292 valence electrons. The van der Waals surface area contributed by atoms with Crippen molar-refractivity contribution in [3.63, 3.8) is 0 Å². The molecule has 0 atom stereocenters. The Morgan fingerprint density at radius 1 is 0.258 bits per heavy atom. The van der Waals surface area contributed by atoms with Gasteiger partial charge in [-0.3, -0.25) is 0 Å². The van der Waals surface area contributed by atoms with Gasteiger partial charge in [-0.05, 0) is 105 Å². The van der Waals surface area contributed by atoms with Crippen LogP contribution in [-0.4, -0.2) is 4.57 Å². The van der Waals surface area contributed by atoms with E-state index in [0.29, 0.717) is 0 Å². The van der Waals surface area contributed by atoms with Crippen molar-refractivity contribution in [3.8, 4) is 61.3 Å². The van der Waals surface area contributed by atoms with Crippen LogP contribution in [0.4, 0.5) is 17.1 Å². The standard InChI is InChI=1S/C60H42N2/c1-5-18-43(19-6-1)45-32-34-50(35-33-45)61(58-30-15-13-28-54(58)49-27-17-26-48(40-49)44-20-7-2-8-21-44)52-37-39-56-55-29-14-16-31-59(55)62(60(56)42-52)51-36-38-53(46-22-9-3-10-23-46)57(41-51)47-24-11-4-12-25-47/h1-42H. The highest BCUT2D eigenvalue weighted by molar-refractivity contribution is 6.11. The lowest BCUT2D eigenvalue weighted by atomic mass is 9.94. The molecular weight excluding hydrogens is 749 g/mol. The van der Waals surface area contributed by atoms with Crippen molar-refractivity contribution in [1.82, 2.24) is 4.57 Å². The summed E-state index contributed by atoms with van der Waals surface area (Å²) < 4.78 is 2.45. The quantitative estimate of drug-likeness (QED) is 0.141. The smallest absolute Gasteiger partial charge is 0.0561 e. The largest absolute Gasteiger partial charge is 0.310 e. The van der Waals surface area contributed by atoms with Crippen molar-refractivity contribution in [2.75, 3.05) is 4.90 Å². The molecule has 0 aliphatic rings. The number of para-hydroxylation sites is 2. The van der Waals surface area contributed by atoms with Crippen LogP contribution in [0.5, 0.6) is 0 Å². The van der Waals surface area contributed by atoms with Gasteiger partial charge in [0.05, 0.1) is 16.7 Å². The van der Waals surface area contributed by atoms with Gasteiger partial charge in [-0.2, -0.15) is 0 Å². The SMILES string of the molecule is c1ccc(-c2ccc(N(c3ccc4c5ccccc5n(-c5ccc(-c6ccccc6)c(-c6ccccc6)c5)c4c3)c3ccccc3-c3cccc(-c4ccccc4)c3)cc2)cc1. The summed E-state index contributed by atoms with van der Waals surface area (Å²) >= 11 is 0. The molecule has 0 bridgehead atoms. The van der Waals surface area contributed by atoms with Gasteiger partial charge in [0.25, 0.3) is 0 Å². The van der Waals surface area contributed by atoms with Crippen LogP contribution < -0.4 is 4.90 Å². The summed E-state index contributed by atoms with van der Waals surface area (Å²) in [6, 6.07) is 92.1. The van der Waals surface area contributed by atoms with Gasteiger partial charge in [0.15, 0.2) is 0 Å². The van der Waals surface area contributed by atoms with Crippen LogP contribution in [0.1, 0.15) is 0 Å². The van der Waals surface area contributed by atoms with Gasteiger partial charge in [0, 0.05) is 33.4 Å². The molecule has 62 heavy (non-hydrogen) atoms. The summed E-state index contributed by atoms with van der Waals surface area (Å²) in [6.07, 6.45) is 0. The van der Waals surface area contributed by atoms with E-state index >= 15 is 0 Å². The lowest BCUT2D eigenvalue weighted by Crippen LogP contribution is -2.11. The molecule has 0 aliphatic heterocycles. The van der Waals surface area contributed by atoms with E-state index in [1.165, 1.54) is 60.8 Å². The maximum atomic E-state index is 2.45. The molecule has 2 heteroatoms. The molecule has 11 rings (SSSR count). The third-order valence-corrected chi connectivity index (χ3v) is 12.0. The third-order valence-electron chi connectivity index (χ3n) is 12.0. The number of anilines is 3. The van der Waals surface area contributed by atoms with Crippen LogP contribution in [0.15, 0.2) is 255 Å². The monoisotopic (exact) mass is 790 g/mol. The number of nitrogens with zero attached hydrogens (tertiary/aromatic N) is 2. The highest BCUT2D eigenvalue weighted by Gasteiger charge is 2.21. The molecule has 0 saturated carbocycles. The zero-order valence-corrected chi connectivity index (χ0v) is 34.1. The Morgan fingerprint density at radius 3 is 1.48 bits per heavy atom. The van der Waals surface area contributed by atoms with E-state index in [1.54, 1.807) is 0 Å². The molecule has 10 aromatic carbocycles. The first kappa shape index (κ1) is 36.8. The first-order chi connectivity index (χ1) is 30.8. The third kappa shape index (κ3) is 6.84. The van der Waals surface area contributed by atoms with Crippen LogP contribution in [0.25, 0.3) is 83.1 Å². The zero-order chi connectivity index (χ0) is 41.2. The molecule has 2 nitrogen and oxygen atoms in total. The van der Waals surface area contributed by atoms with Crippen molar-refractivity contribution in [3.05, 3.63) is 255 Å². The molecule has 0 radical (unpaired) electrons. The molecule has 1 aromatic heterocycles. The van der Waals surface area contributed by atoms with Gasteiger partial charge < -0.3 is 9.47 Å². The second kappa shape index (κ2) is 16.1. The van der Waals surface area contributed by atoms with Gasteiger partial charge in [-0.25, -0.2) is 0 Å². The number of hydrogen-bond donors (Lipinski definition) is 0. The van der Waals surface area contributed by atoms with Crippen LogP contribution in [0.3, 0.4) is 0 Å². The fourth-order valence-electron chi connectivity index (χ4n) is 9.04. The summed E-state index contributed by atoms with van der Waals surface area (Å²) in [5.41, 5.74) is 18.6. The maximum absolute atomic E-state index is 2.45. The van der Waals surface area contributed by atoms with E-state index in [-0.39, 0.29) is 0 Å². The number of aromatic nitrogens is 1. The average Bonchev–Trinajstić information content (AvgIpc) is 3.69. The van der Waals surface area contributed by atoms with E-state index in [2.05, 4.69) is 264 Å². The van der Waals surface area contributed by atoms with Crippen molar-refractivity contribution < 1.29 is 0 Å². The number of rotatable bonds is 9. The Kier molecular flexibility index (Phi) is 9.57. The van der Waals surface area contributed by atoms with Gasteiger partial charge >= 0.3 is 0 Å². The predicted molar refractivity (Wildman–Crippen MR) is 263 cm³/mol. The van der Waals surface area contributed by atoms with Gasteiger partial charge in [-0.15, -0.1) is 0 Å². The Bertz CT molecular complexity index is 3310. The van der Waals surface area contributed by atoms with Crippen LogP contribution >= 0.6 is 0 Å².